The largest absolute Gasteiger partial charge is 0.466 e. The highest BCUT2D eigenvalue weighted by atomic mass is 16.5. The summed E-state index contributed by atoms with van der Waals surface area (Å²) >= 11 is 0. The van der Waals surface area contributed by atoms with E-state index in [-0.39, 0.29) is 43.0 Å². The maximum absolute atomic E-state index is 12.5. The summed E-state index contributed by atoms with van der Waals surface area (Å²) in [6.45, 7) is 0.0865. The van der Waals surface area contributed by atoms with Crippen LogP contribution >= 0.6 is 0 Å². The molecule has 3 rings (SSSR count). The van der Waals surface area contributed by atoms with Crippen LogP contribution in [0.1, 0.15) is 11.1 Å². The molecule has 1 aliphatic heterocycles. The van der Waals surface area contributed by atoms with Crippen molar-refractivity contribution in [3.63, 3.8) is 0 Å². The number of fused-ring (bicyclic) bond motifs is 1. The molecule has 0 saturated heterocycles. The number of hydrogen-bond acceptors (Lipinski definition) is 6. The second-order valence-corrected chi connectivity index (χ2v) is 5.97. The van der Waals surface area contributed by atoms with E-state index in [2.05, 4.69) is 5.32 Å². The van der Waals surface area contributed by atoms with Crippen molar-refractivity contribution in [2.24, 2.45) is 0 Å². The Bertz CT molecular complexity index is 713. The smallest absolute Gasteiger partial charge is 0.337 e. The highest BCUT2D eigenvalue weighted by Crippen LogP contribution is 2.28. The van der Waals surface area contributed by atoms with Gasteiger partial charge in [0.25, 0.3) is 5.91 Å². The van der Waals surface area contributed by atoms with Crippen LogP contribution in [-0.2, 0) is 27.2 Å². The fourth-order valence-electron chi connectivity index (χ4n) is 3.17. The van der Waals surface area contributed by atoms with E-state index >= 15 is 0 Å². The third-order valence-corrected chi connectivity index (χ3v) is 4.34. The number of esters is 1. The first-order valence-electron chi connectivity index (χ1n) is 7.82. The Balaban J connectivity index is 1.87. The van der Waals surface area contributed by atoms with Crippen molar-refractivity contribution in [1.82, 2.24) is 4.90 Å². The average molecular weight is 332 g/mol. The summed E-state index contributed by atoms with van der Waals surface area (Å²) < 4.78 is 4.75. The molecule has 0 spiro atoms. The molecule has 2 aliphatic rings. The molecule has 1 amide bonds. The van der Waals surface area contributed by atoms with Gasteiger partial charge in [-0.3, -0.25) is 4.79 Å². The van der Waals surface area contributed by atoms with E-state index in [1.807, 2.05) is 18.2 Å². The van der Waals surface area contributed by atoms with Gasteiger partial charge in [0.05, 0.1) is 31.9 Å². The van der Waals surface area contributed by atoms with Crippen LogP contribution in [-0.4, -0.2) is 59.9 Å². The van der Waals surface area contributed by atoms with Crippen LogP contribution in [0.4, 0.5) is 5.69 Å². The molecule has 0 radical (unpaired) electrons. The van der Waals surface area contributed by atoms with Crippen molar-refractivity contribution >= 4 is 17.6 Å². The number of anilines is 1. The molecule has 1 aromatic carbocycles. The van der Waals surface area contributed by atoms with E-state index < -0.39 is 5.97 Å². The van der Waals surface area contributed by atoms with Crippen molar-refractivity contribution in [1.29, 1.82) is 0 Å². The molecule has 0 bridgehead atoms. The fourth-order valence-corrected chi connectivity index (χ4v) is 3.17. The Kier molecular flexibility index (Phi) is 4.55. The highest BCUT2D eigenvalue weighted by molar-refractivity contribution is 6.08. The molecule has 3 N–H and O–H groups in total. The lowest BCUT2D eigenvalue weighted by atomic mass is 10.1. The Morgan fingerprint density at radius 2 is 2.12 bits per heavy atom. The predicted octanol–water partition coefficient (Wildman–Crippen LogP) is -0.180. The number of nitrogens with zero attached hydrogens (tertiary/aromatic N) is 1. The SMILES string of the molecule is COC(=O)C1=C(Nc2ccc3c(c2)CC(O)C3)C(=O)N(CCO)C1. The molecule has 0 saturated carbocycles. The molecular formula is C17H20N2O5. The van der Waals surface area contributed by atoms with Crippen molar-refractivity contribution in [2.75, 3.05) is 32.1 Å². The van der Waals surface area contributed by atoms with E-state index in [1.54, 1.807) is 0 Å². The second-order valence-electron chi connectivity index (χ2n) is 5.97. The number of carbonyl (C=O) groups excluding carboxylic acids is 2. The molecule has 0 aromatic heterocycles. The van der Waals surface area contributed by atoms with Gasteiger partial charge in [-0.2, -0.15) is 0 Å². The van der Waals surface area contributed by atoms with Gasteiger partial charge in [0.2, 0.25) is 0 Å². The van der Waals surface area contributed by atoms with Crippen LogP contribution in [0, 0.1) is 0 Å². The van der Waals surface area contributed by atoms with Gasteiger partial charge in [0, 0.05) is 12.2 Å². The van der Waals surface area contributed by atoms with Crippen LogP contribution in [0.2, 0.25) is 0 Å². The molecule has 1 aliphatic carbocycles. The van der Waals surface area contributed by atoms with Crippen LogP contribution < -0.4 is 5.32 Å². The van der Waals surface area contributed by atoms with Crippen LogP contribution in [0.3, 0.4) is 0 Å². The average Bonchev–Trinajstić information content (AvgIpc) is 3.08. The number of rotatable bonds is 5. The molecule has 0 fully saturated rings. The zero-order valence-electron chi connectivity index (χ0n) is 13.4. The molecule has 7 heteroatoms. The van der Waals surface area contributed by atoms with Gasteiger partial charge < -0.3 is 25.2 Å². The van der Waals surface area contributed by atoms with E-state index in [4.69, 9.17) is 9.84 Å². The zero-order chi connectivity index (χ0) is 17.3. The summed E-state index contributed by atoms with van der Waals surface area (Å²) in [7, 11) is 1.27. The summed E-state index contributed by atoms with van der Waals surface area (Å²) in [5, 5.41) is 21.8. The minimum atomic E-state index is -0.567. The van der Waals surface area contributed by atoms with E-state index in [9.17, 15) is 14.7 Å². The van der Waals surface area contributed by atoms with Gasteiger partial charge in [0.1, 0.15) is 5.70 Å². The third kappa shape index (κ3) is 3.00. The minimum absolute atomic E-state index is 0.109. The standard InChI is InChI=1S/C17H20N2O5/c1-24-17(23)14-9-19(4-5-20)16(22)15(14)18-12-3-2-10-7-13(21)8-11(10)6-12/h2-3,6,13,18,20-21H,4-5,7-9H2,1H3. The number of ether oxygens (including phenoxy) is 1. The highest BCUT2D eigenvalue weighted by Gasteiger charge is 2.34. The van der Waals surface area contributed by atoms with Crippen molar-refractivity contribution in [2.45, 2.75) is 18.9 Å². The van der Waals surface area contributed by atoms with Crippen molar-refractivity contribution < 1.29 is 24.5 Å². The number of benzene rings is 1. The topological polar surface area (TPSA) is 99.1 Å². The number of β-amino-alcohol motifs (C(OH)–C–C–N with tert-alkyl or cyclic N) is 1. The molecular weight excluding hydrogens is 312 g/mol. The Hall–Kier alpha value is -2.38. The number of hydrogen-bond donors (Lipinski definition) is 3. The summed E-state index contributed by atoms with van der Waals surface area (Å²) in [6, 6.07) is 5.62. The summed E-state index contributed by atoms with van der Waals surface area (Å²) in [6.07, 6.45) is 0.848. The predicted molar refractivity (Wildman–Crippen MR) is 86.2 cm³/mol. The number of methoxy groups -OCH3 is 1. The van der Waals surface area contributed by atoms with Gasteiger partial charge >= 0.3 is 5.97 Å². The van der Waals surface area contributed by atoms with E-state index in [0.717, 1.165) is 11.1 Å². The van der Waals surface area contributed by atoms with Crippen LogP contribution in [0.25, 0.3) is 0 Å². The number of carbonyl (C=O) groups is 2. The lowest BCUT2D eigenvalue weighted by Gasteiger charge is -2.15. The molecule has 7 nitrogen and oxygen atoms in total. The molecule has 128 valence electrons. The van der Waals surface area contributed by atoms with Crippen LogP contribution in [0.5, 0.6) is 0 Å². The number of nitrogens with one attached hydrogen (secondary N) is 1. The molecule has 1 aromatic rings. The van der Waals surface area contributed by atoms with Gasteiger partial charge in [-0.1, -0.05) is 6.07 Å². The number of aliphatic hydroxyl groups is 2. The van der Waals surface area contributed by atoms with Gasteiger partial charge in [0.15, 0.2) is 0 Å². The molecule has 1 atom stereocenters. The lowest BCUT2D eigenvalue weighted by Crippen LogP contribution is -2.31. The van der Waals surface area contributed by atoms with E-state index in [0.29, 0.717) is 18.5 Å². The van der Waals surface area contributed by atoms with Gasteiger partial charge in [-0.25, -0.2) is 4.79 Å². The number of aliphatic hydroxyl groups excluding tert-OH is 2. The van der Waals surface area contributed by atoms with Crippen LogP contribution in [0.15, 0.2) is 29.5 Å². The summed E-state index contributed by atoms with van der Waals surface area (Å²) in [5.41, 5.74) is 3.23. The second kappa shape index (κ2) is 6.62. The third-order valence-electron chi connectivity index (χ3n) is 4.34. The Morgan fingerprint density at radius 3 is 2.83 bits per heavy atom. The van der Waals surface area contributed by atoms with Crippen molar-refractivity contribution in [3.8, 4) is 0 Å². The maximum atomic E-state index is 12.5. The normalized spacial score (nSPS) is 19.7. The molecule has 24 heavy (non-hydrogen) atoms. The lowest BCUT2D eigenvalue weighted by molar-refractivity contribution is -0.136. The minimum Gasteiger partial charge on any atom is -0.466 e. The Labute approximate surface area is 139 Å². The van der Waals surface area contributed by atoms with Gasteiger partial charge in [-0.05, 0) is 36.1 Å². The first kappa shape index (κ1) is 16.5. The van der Waals surface area contributed by atoms with E-state index in [1.165, 1.54) is 12.0 Å². The molecule has 1 heterocycles. The number of amides is 1. The Morgan fingerprint density at radius 1 is 1.38 bits per heavy atom. The monoisotopic (exact) mass is 332 g/mol. The maximum Gasteiger partial charge on any atom is 0.337 e. The fraction of sp³-hybridized carbons (Fsp3) is 0.412. The first-order valence-corrected chi connectivity index (χ1v) is 7.82. The van der Waals surface area contributed by atoms with Crippen molar-refractivity contribution in [3.05, 3.63) is 40.6 Å². The zero-order valence-corrected chi connectivity index (χ0v) is 13.4. The summed E-state index contributed by atoms with van der Waals surface area (Å²) in [4.78, 5) is 25.8. The summed E-state index contributed by atoms with van der Waals surface area (Å²) in [5.74, 6) is -0.909. The van der Waals surface area contributed by atoms with Gasteiger partial charge in [-0.15, -0.1) is 0 Å². The first-order chi connectivity index (χ1) is 11.5. The molecule has 1 unspecified atom stereocenters. The quantitative estimate of drug-likeness (QED) is 0.647.